The van der Waals surface area contributed by atoms with Gasteiger partial charge in [-0.1, -0.05) is 35.9 Å². The molecule has 4 nitrogen and oxygen atoms in total. The summed E-state index contributed by atoms with van der Waals surface area (Å²) < 4.78 is 18.5. The molecule has 0 aromatic heterocycles. The zero-order valence-corrected chi connectivity index (χ0v) is 10.5. The maximum atomic E-state index is 10.2. The molecule has 0 bridgehead atoms. The molecule has 0 aliphatic heterocycles. The molecule has 1 aromatic carbocycles. The molecule has 1 aromatic rings. The molecule has 90 valence electrons. The summed E-state index contributed by atoms with van der Waals surface area (Å²) in [7, 11) is -3.27. The van der Waals surface area contributed by atoms with Gasteiger partial charge < -0.3 is 9.66 Å². The van der Waals surface area contributed by atoms with Gasteiger partial charge in [-0.2, -0.15) is 0 Å². The minimum atomic E-state index is -3.27. The highest BCUT2D eigenvalue weighted by molar-refractivity contribution is 8.29. The lowest BCUT2D eigenvalue weighted by Gasteiger charge is -1.92. The van der Waals surface area contributed by atoms with Crippen LogP contribution < -0.4 is 0 Å². The van der Waals surface area contributed by atoms with Crippen LogP contribution in [0, 0.1) is 6.92 Å². The van der Waals surface area contributed by atoms with Gasteiger partial charge in [-0.25, -0.2) is 4.21 Å². The Bertz CT molecular complexity index is 412. The summed E-state index contributed by atoms with van der Waals surface area (Å²) >= 11 is 4.02. The summed E-state index contributed by atoms with van der Waals surface area (Å²) in [6.45, 7) is 2.08. The third-order valence-corrected chi connectivity index (χ3v) is 2.73. The first kappa shape index (κ1) is 15.0. The number of carboxylic acids is 1. The average Bonchev–Trinajstić information content (AvgIpc) is 2.16. The fourth-order valence-corrected chi connectivity index (χ4v) is 1.43. The summed E-state index contributed by atoms with van der Waals surface area (Å²) in [5, 5.41) is 7.99. The highest BCUT2D eigenvalue weighted by atomic mass is 32.8. The van der Waals surface area contributed by atoms with Gasteiger partial charge in [0.1, 0.15) is 8.77 Å². The number of benzene rings is 1. The van der Waals surface area contributed by atoms with Crippen LogP contribution in [0.3, 0.4) is 0 Å². The minimum absolute atomic E-state index is 0.348. The molecule has 0 aliphatic rings. The molecule has 0 saturated heterocycles. The standard InChI is InChI=1S/C7H8.C3H6O4S2/c1-7-5-3-2-4-6-7;4-3(5)1-2-9(6,7)8/h2-6H,1H3;1-2H2,(H,4,5)(H,6,7,8). The molecule has 2 N–H and O–H groups in total. The van der Waals surface area contributed by atoms with Crippen molar-refractivity contribution in [1.82, 2.24) is 0 Å². The first-order valence-corrected chi connectivity index (χ1v) is 7.11. The Kier molecular flexibility index (Phi) is 6.87. The van der Waals surface area contributed by atoms with Gasteiger partial charge in [0.05, 0.1) is 12.2 Å². The summed E-state index contributed by atoms with van der Waals surface area (Å²) in [6.07, 6.45) is -0.348. The van der Waals surface area contributed by atoms with Crippen LogP contribution >= 0.6 is 0 Å². The van der Waals surface area contributed by atoms with E-state index in [-0.39, 0.29) is 12.2 Å². The van der Waals surface area contributed by atoms with Crippen LogP contribution in [0.2, 0.25) is 0 Å². The van der Waals surface area contributed by atoms with E-state index in [9.17, 15) is 9.00 Å². The summed E-state index contributed by atoms with van der Waals surface area (Å²) in [5.74, 6) is -1.46. The molecule has 0 saturated carbocycles. The van der Waals surface area contributed by atoms with Gasteiger partial charge in [-0.05, 0) is 6.92 Å². The van der Waals surface area contributed by atoms with E-state index in [1.165, 1.54) is 5.56 Å². The zero-order valence-electron chi connectivity index (χ0n) is 8.83. The molecular weight excluding hydrogens is 248 g/mol. The van der Waals surface area contributed by atoms with Crippen LogP contribution in [0.5, 0.6) is 0 Å². The minimum Gasteiger partial charge on any atom is -0.481 e. The second-order valence-electron chi connectivity index (χ2n) is 3.08. The monoisotopic (exact) mass is 262 g/mol. The Morgan fingerprint density at radius 1 is 1.38 bits per heavy atom. The zero-order chi connectivity index (χ0) is 12.6. The van der Waals surface area contributed by atoms with Crippen LogP contribution in [0.25, 0.3) is 0 Å². The fraction of sp³-hybridized carbons (Fsp3) is 0.300. The van der Waals surface area contributed by atoms with E-state index in [4.69, 9.17) is 9.66 Å². The van der Waals surface area contributed by atoms with Crippen molar-refractivity contribution in [2.24, 2.45) is 0 Å². The Balaban J connectivity index is 0.000000288. The topological polar surface area (TPSA) is 74.6 Å². The average molecular weight is 262 g/mol. The predicted octanol–water partition coefficient (Wildman–Crippen LogP) is 1.68. The lowest BCUT2D eigenvalue weighted by atomic mass is 10.2. The quantitative estimate of drug-likeness (QED) is 0.866. The van der Waals surface area contributed by atoms with Crippen LogP contribution in [0.4, 0.5) is 0 Å². The molecule has 0 heterocycles. The number of aryl methyl sites for hydroxylation is 1. The number of aliphatic carboxylic acids is 1. The maximum absolute atomic E-state index is 10.2. The third kappa shape index (κ3) is 11.1. The van der Waals surface area contributed by atoms with Crippen LogP contribution in [-0.4, -0.2) is 25.6 Å². The van der Waals surface area contributed by atoms with Crippen molar-refractivity contribution < 1.29 is 18.7 Å². The van der Waals surface area contributed by atoms with Crippen molar-refractivity contribution in [1.29, 1.82) is 0 Å². The fourth-order valence-electron chi connectivity index (χ4n) is 0.751. The van der Waals surface area contributed by atoms with Crippen molar-refractivity contribution in [3.8, 4) is 0 Å². The van der Waals surface area contributed by atoms with E-state index in [0.717, 1.165) is 0 Å². The van der Waals surface area contributed by atoms with Crippen LogP contribution in [0.1, 0.15) is 12.0 Å². The van der Waals surface area contributed by atoms with Gasteiger partial charge in [-0.15, -0.1) is 0 Å². The van der Waals surface area contributed by atoms with Gasteiger partial charge in [0.15, 0.2) is 0 Å². The van der Waals surface area contributed by atoms with E-state index >= 15 is 0 Å². The van der Waals surface area contributed by atoms with Crippen LogP contribution in [-0.2, 0) is 24.8 Å². The SMILES string of the molecule is Cc1ccccc1.O=C(O)CCS(=O)(O)=S. The number of carbonyl (C=O) groups is 1. The molecule has 1 rings (SSSR count). The molecule has 0 aliphatic carbocycles. The second kappa shape index (κ2) is 7.32. The van der Waals surface area contributed by atoms with Crippen molar-refractivity contribution in [2.45, 2.75) is 13.3 Å². The van der Waals surface area contributed by atoms with Gasteiger partial charge in [0.25, 0.3) is 0 Å². The number of carboxylic acid groups (broad SMARTS) is 1. The molecule has 16 heavy (non-hydrogen) atoms. The van der Waals surface area contributed by atoms with E-state index in [1.54, 1.807) is 0 Å². The summed E-state index contributed by atoms with van der Waals surface area (Å²) in [5.41, 5.74) is 1.32. The molecule has 0 spiro atoms. The third-order valence-electron chi connectivity index (χ3n) is 1.51. The smallest absolute Gasteiger partial charge is 0.304 e. The van der Waals surface area contributed by atoms with E-state index < -0.39 is 14.7 Å². The van der Waals surface area contributed by atoms with Crippen molar-refractivity contribution >= 4 is 25.9 Å². The van der Waals surface area contributed by atoms with Gasteiger partial charge in [0, 0.05) is 11.2 Å². The number of hydrogen-bond acceptors (Lipinski definition) is 3. The normalized spacial score (nSPS) is 13.1. The maximum Gasteiger partial charge on any atom is 0.304 e. The Morgan fingerprint density at radius 2 is 1.88 bits per heavy atom. The lowest BCUT2D eigenvalue weighted by molar-refractivity contribution is -0.136. The molecule has 0 fully saturated rings. The molecular formula is C10H14O4S2. The molecule has 1 atom stereocenters. The first-order chi connectivity index (χ1) is 7.31. The van der Waals surface area contributed by atoms with Crippen molar-refractivity contribution in [2.75, 3.05) is 5.75 Å². The summed E-state index contributed by atoms with van der Waals surface area (Å²) in [6, 6.07) is 10.3. The van der Waals surface area contributed by atoms with E-state index in [2.05, 4.69) is 30.2 Å². The second-order valence-corrected chi connectivity index (χ2v) is 6.22. The Labute approximate surface area is 99.8 Å². The Morgan fingerprint density at radius 3 is 2.06 bits per heavy atom. The van der Waals surface area contributed by atoms with Crippen LogP contribution in [0.15, 0.2) is 30.3 Å². The number of rotatable bonds is 3. The summed E-state index contributed by atoms with van der Waals surface area (Å²) in [4.78, 5) is 9.76. The largest absolute Gasteiger partial charge is 0.481 e. The highest BCUT2D eigenvalue weighted by Crippen LogP contribution is 1.92. The van der Waals surface area contributed by atoms with Gasteiger partial charge in [-0.3, -0.25) is 4.79 Å². The van der Waals surface area contributed by atoms with Crippen molar-refractivity contribution in [3.63, 3.8) is 0 Å². The van der Waals surface area contributed by atoms with Crippen molar-refractivity contribution in [3.05, 3.63) is 35.9 Å². The predicted molar refractivity (Wildman–Crippen MR) is 66.4 cm³/mol. The Hall–Kier alpha value is -0.980. The number of hydrogen-bond donors (Lipinski definition) is 2. The lowest BCUT2D eigenvalue weighted by Crippen LogP contribution is -2.07. The highest BCUT2D eigenvalue weighted by Gasteiger charge is 2.03. The van der Waals surface area contributed by atoms with E-state index in [1.807, 2.05) is 18.2 Å². The van der Waals surface area contributed by atoms with E-state index in [0.29, 0.717) is 0 Å². The molecule has 0 amide bonds. The molecule has 0 radical (unpaired) electrons. The molecule has 1 unspecified atom stereocenters. The first-order valence-electron chi connectivity index (χ1n) is 4.50. The van der Waals surface area contributed by atoms with Gasteiger partial charge in [0.2, 0.25) is 0 Å². The molecule has 6 heteroatoms. The van der Waals surface area contributed by atoms with Gasteiger partial charge >= 0.3 is 5.97 Å².